The molecular weight excluding hydrogens is 308 g/mol. The Hall–Kier alpha value is -1.69. The molecule has 0 aliphatic carbocycles. The van der Waals surface area contributed by atoms with Gasteiger partial charge in [-0.25, -0.2) is 9.97 Å². The molecule has 0 radical (unpaired) electrons. The summed E-state index contributed by atoms with van der Waals surface area (Å²) in [5.41, 5.74) is 1.53. The first-order valence-electron chi connectivity index (χ1n) is 5.88. The first-order chi connectivity index (χ1) is 8.99. The van der Waals surface area contributed by atoms with Crippen LogP contribution in [-0.2, 0) is 6.54 Å². The summed E-state index contributed by atoms with van der Waals surface area (Å²) >= 11 is 3.39. The average Bonchev–Trinajstić information content (AvgIpc) is 2.34. The second-order valence-electron chi connectivity index (χ2n) is 4.34. The fraction of sp³-hybridized carbons (Fsp3) is 0.308. The van der Waals surface area contributed by atoms with Crippen molar-refractivity contribution >= 4 is 21.7 Å². The molecule has 0 aromatic carbocycles. The van der Waals surface area contributed by atoms with E-state index < -0.39 is 0 Å². The SMILES string of the molecule is CNc1cc(C)nc(Cn2cc(Br)cc(C)c2=O)n1. The number of aromatic nitrogens is 3. The van der Waals surface area contributed by atoms with Crippen LogP contribution < -0.4 is 10.9 Å². The standard InChI is InChI=1S/C13H15BrN4O/c1-8-4-10(14)6-18(13(8)19)7-12-16-9(2)5-11(15-3)17-12/h4-6H,7H2,1-3H3,(H,15,16,17). The number of hydrogen-bond donors (Lipinski definition) is 1. The van der Waals surface area contributed by atoms with Crippen molar-refractivity contribution in [3.63, 3.8) is 0 Å². The van der Waals surface area contributed by atoms with Crippen molar-refractivity contribution in [2.45, 2.75) is 20.4 Å². The lowest BCUT2D eigenvalue weighted by Gasteiger charge is -2.09. The van der Waals surface area contributed by atoms with Gasteiger partial charge in [-0.3, -0.25) is 4.79 Å². The normalized spacial score (nSPS) is 10.5. The Morgan fingerprint density at radius 2 is 2.05 bits per heavy atom. The predicted molar refractivity (Wildman–Crippen MR) is 78.6 cm³/mol. The van der Waals surface area contributed by atoms with Gasteiger partial charge in [0.05, 0.1) is 6.54 Å². The van der Waals surface area contributed by atoms with Gasteiger partial charge < -0.3 is 9.88 Å². The highest BCUT2D eigenvalue weighted by molar-refractivity contribution is 9.10. The van der Waals surface area contributed by atoms with Crippen molar-refractivity contribution in [1.82, 2.24) is 14.5 Å². The smallest absolute Gasteiger partial charge is 0.253 e. The van der Waals surface area contributed by atoms with Crippen LogP contribution in [0.15, 0.2) is 27.6 Å². The summed E-state index contributed by atoms with van der Waals surface area (Å²) in [4.78, 5) is 20.7. The first-order valence-corrected chi connectivity index (χ1v) is 6.68. The Bertz CT molecular complexity index is 666. The topological polar surface area (TPSA) is 59.8 Å². The molecule has 0 amide bonds. The summed E-state index contributed by atoms with van der Waals surface area (Å²) in [7, 11) is 1.81. The van der Waals surface area contributed by atoms with E-state index >= 15 is 0 Å². The molecule has 2 heterocycles. The predicted octanol–water partition coefficient (Wildman–Crippen LogP) is 2.11. The Balaban J connectivity index is 2.41. The van der Waals surface area contributed by atoms with Crippen molar-refractivity contribution in [2.24, 2.45) is 0 Å². The third-order valence-electron chi connectivity index (χ3n) is 2.70. The Labute approximate surface area is 119 Å². The highest BCUT2D eigenvalue weighted by Gasteiger charge is 2.06. The summed E-state index contributed by atoms with van der Waals surface area (Å²) in [6.07, 6.45) is 1.75. The number of pyridine rings is 1. The van der Waals surface area contributed by atoms with E-state index in [2.05, 4.69) is 31.2 Å². The molecule has 2 aromatic rings. The van der Waals surface area contributed by atoms with E-state index in [1.807, 2.05) is 13.0 Å². The molecule has 100 valence electrons. The number of halogens is 1. The lowest BCUT2D eigenvalue weighted by Crippen LogP contribution is -2.23. The molecule has 1 N–H and O–H groups in total. The number of nitrogens with zero attached hydrogens (tertiary/aromatic N) is 3. The fourth-order valence-corrected chi connectivity index (χ4v) is 2.43. The monoisotopic (exact) mass is 322 g/mol. The molecule has 0 unspecified atom stereocenters. The maximum absolute atomic E-state index is 12.0. The first kappa shape index (κ1) is 13.7. The number of hydrogen-bond acceptors (Lipinski definition) is 4. The van der Waals surface area contributed by atoms with Crippen molar-refractivity contribution in [1.29, 1.82) is 0 Å². The summed E-state index contributed by atoms with van der Waals surface area (Å²) < 4.78 is 2.47. The summed E-state index contributed by atoms with van der Waals surface area (Å²) in [5, 5.41) is 2.98. The zero-order chi connectivity index (χ0) is 14.0. The van der Waals surface area contributed by atoms with Gasteiger partial charge >= 0.3 is 0 Å². The van der Waals surface area contributed by atoms with Crippen LogP contribution in [0.2, 0.25) is 0 Å². The van der Waals surface area contributed by atoms with Gasteiger partial charge in [-0.1, -0.05) is 0 Å². The van der Waals surface area contributed by atoms with Crippen molar-refractivity contribution in [3.05, 3.63) is 50.2 Å². The molecule has 0 spiro atoms. The molecule has 0 aliphatic rings. The zero-order valence-electron chi connectivity index (χ0n) is 11.1. The van der Waals surface area contributed by atoms with E-state index in [1.54, 1.807) is 30.8 Å². The maximum Gasteiger partial charge on any atom is 0.253 e. The maximum atomic E-state index is 12.0. The summed E-state index contributed by atoms with van der Waals surface area (Å²) in [5.74, 6) is 1.37. The minimum atomic E-state index is -0.0284. The number of aryl methyl sites for hydroxylation is 2. The molecule has 0 aliphatic heterocycles. The van der Waals surface area contributed by atoms with Crippen molar-refractivity contribution < 1.29 is 0 Å². The second-order valence-corrected chi connectivity index (χ2v) is 5.25. The van der Waals surface area contributed by atoms with Crippen LogP contribution >= 0.6 is 15.9 Å². The number of nitrogens with one attached hydrogen (secondary N) is 1. The summed E-state index contributed by atoms with van der Waals surface area (Å²) in [6, 6.07) is 3.66. The van der Waals surface area contributed by atoms with Crippen LogP contribution in [0.3, 0.4) is 0 Å². The van der Waals surface area contributed by atoms with E-state index in [4.69, 9.17) is 0 Å². The van der Waals surface area contributed by atoms with Crippen molar-refractivity contribution in [3.8, 4) is 0 Å². The molecule has 6 heteroatoms. The minimum Gasteiger partial charge on any atom is -0.373 e. The van der Waals surface area contributed by atoms with E-state index in [-0.39, 0.29) is 5.56 Å². The number of anilines is 1. The molecule has 2 aromatic heterocycles. The van der Waals surface area contributed by atoms with Gasteiger partial charge in [-0.2, -0.15) is 0 Å². The average molecular weight is 323 g/mol. The molecule has 2 rings (SSSR count). The van der Waals surface area contributed by atoms with Crippen molar-refractivity contribution in [2.75, 3.05) is 12.4 Å². The van der Waals surface area contributed by atoms with Crippen LogP contribution in [0.5, 0.6) is 0 Å². The fourth-order valence-electron chi connectivity index (χ4n) is 1.84. The Morgan fingerprint density at radius 1 is 1.32 bits per heavy atom. The molecule has 19 heavy (non-hydrogen) atoms. The van der Waals surface area contributed by atoms with E-state index in [1.165, 1.54) is 0 Å². The van der Waals surface area contributed by atoms with Gasteiger partial charge in [0.25, 0.3) is 5.56 Å². The lowest BCUT2D eigenvalue weighted by atomic mass is 10.3. The lowest BCUT2D eigenvalue weighted by molar-refractivity contribution is 0.704. The quantitative estimate of drug-likeness (QED) is 0.940. The van der Waals surface area contributed by atoms with Gasteiger partial charge in [-0.15, -0.1) is 0 Å². The van der Waals surface area contributed by atoms with Crippen LogP contribution in [0.25, 0.3) is 0 Å². The molecule has 5 nitrogen and oxygen atoms in total. The van der Waals surface area contributed by atoms with E-state index in [9.17, 15) is 4.79 Å². The zero-order valence-corrected chi connectivity index (χ0v) is 12.7. The molecule has 0 atom stereocenters. The number of rotatable bonds is 3. The molecule has 0 bridgehead atoms. The highest BCUT2D eigenvalue weighted by atomic mass is 79.9. The second kappa shape index (κ2) is 5.52. The molecular formula is C13H15BrN4O. The highest BCUT2D eigenvalue weighted by Crippen LogP contribution is 2.10. The van der Waals surface area contributed by atoms with E-state index in [0.717, 1.165) is 16.0 Å². The molecule has 0 saturated carbocycles. The van der Waals surface area contributed by atoms with E-state index in [0.29, 0.717) is 17.9 Å². The van der Waals surface area contributed by atoms with Crippen LogP contribution in [-0.4, -0.2) is 21.6 Å². The largest absolute Gasteiger partial charge is 0.373 e. The molecule has 0 fully saturated rings. The van der Waals surface area contributed by atoms with Crippen LogP contribution in [0.4, 0.5) is 5.82 Å². The van der Waals surface area contributed by atoms with Gasteiger partial charge in [0, 0.05) is 35.0 Å². The third kappa shape index (κ3) is 3.20. The molecule has 0 saturated heterocycles. The Morgan fingerprint density at radius 3 is 2.74 bits per heavy atom. The van der Waals surface area contributed by atoms with Gasteiger partial charge in [0.15, 0.2) is 5.82 Å². The Kier molecular flexibility index (Phi) is 3.99. The minimum absolute atomic E-state index is 0.0284. The van der Waals surface area contributed by atoms with Gasteiger partial charge in [0.1, 0.15) is 5.82 Å². The van der Waals surface area contributed by atoms with Crippen LogP contribution in [0, 0.1) is 13.8 Å². The van der Waals surface area contributed by atoms with Gasteiger partial charge in [-0.05, 0) is 35.8 Å². The third-order valence-corrected chi connectivity index (χ3v) is 3.13. The van der Waals surface area contributed by atoms with Gasteiger partial charge in [0.2, 0.25) is 0 Å². The summed E-state index contributed by atoms with van der Waals surface area (Å²) in [6.45, 7) is 4.05. The van der Waals surface area contributed by atoms with Crippen LogP contribution in [0.1, 0.15) is 17.1 Å².